The van der Waals surface area contributed by atoms with E-state index in [1.54, 1.807) is 0 Å². The lowest BCUT2D eigenvalue weighted by molar-refractivity contribution is 0.308. The second-order valence-electron chi connectivity index (χ2n) is 5.48. The van der Waals surface area contributed by atoms with Crippen LogP contribution in [0.1, 0.15) is 58.1 Å². The van der Waals surface area contributed by atoms with Gasteiger partial charge in [0, 0.05) is 6.42 Å². The largest absolute Gasteiger partial charge is 0.464 e. The van der Waals surface area contributed by atoms with E-state index < -0.39 is 0 Å². The Kier molecular flexibility index (Phi) is 4.56. The minimum absolute atomic E-state index is 0.125. The molecule has 0 aromatic carbocycles. The van der Waals surface area contributed by atoms with Crippen molar-refractivity contribution in [2.24, 2.45) is 11.3 Å². The van der Waals surface area contributed by atoms with Gasteiger partial charge >= 0.3 is 0 Å². The molecule has 0 radical (unpaired) electrons. The van der Waals surface area contributed by atoms with Gasteiger partial charge in [0.05, 0.1) is 6.04 Å². The van der Waals surface area contributed by atoms with Crippen LogP contribution in [0.5, 0.6) is 0 Å². The van der Waals surface area contributed by atoms with E-state index in [-0.39, 0.29) is 6.04 Å². The quantitative estimate of drug-likeness (QED) is 0.596. The van der Waals surface area contributed by atoms with Gasteiger partial charge < -0.3 is 4.42 Å². The Labute approximate surface area is 98.4 Å². The Bertz CT molecular complexity index is 312. The summed E-state index contributed by atoms with van der Waals surface area (Å²) in [6, 6.07) is 4.17. The van der Waals surface area contributed by atoms with E-state index in [1.165, 1.54) is 0 Å². The zero-order valence-electron chi connectivity index (χ0n) is 10.8. The van der Waals surface area contributed by atoms with Crippen LogP contribution >= 0.6 is 0 Å². The number of nitrogens with two attached hydrogens (primary N) is 1. The monoisotopic (exact) mass is 224 g/mol. The summed E-state index contributed by atoms with van der Waals surface area (Å²) in [6.07, 6.45) is 3.04. The van der Waals surface area contributed by atoms with E-state index in [2.05, 4.69) is 33.1 Å². The molecule has 3 N–H and O–H groups in total. The lowest BCUT2D eigenvalue weighted by Crippen LogP contribution is -2.28. The van der Waals surface area contributed by atoms with Gasteiger partial charge in [0.25, 0.3) is 0 Å². The molecular weight excluding hydrogens is 200 g/mol. The molecule has 0 aliphatic rings. The molecule has 0 aliphatic carbocycles. The highest BCUT2D eigenvalue weighted by molar-refractivity contribution is 5.10. The van der Waals surface area contributed by atoms with Gasteiger partial charge in [-0.1, -0.05) is 27.7 Å². The Balaban J connectivity index is 2.60. The Morgan fingerprint density at radius 3 is 2.50 bits per heavy atom. The second-order valence-corrected chi connectivity index (χ2v) is 5.48. The molecule has 0 saturated carbocycles. The highest BCUT2D eigenvalue weighted by atomic mass is 16.3. The molecule has 1 rings (SSSR count). The van der Waals surface area contributed by atoms with E-state index in [4.69, 9.17) is 10.3 Å². The molecule has 0 fully saturated rings. The van der Waals surface area contributed by atoms with E-state index in [0.29, 0.717) is 5.41 Å². The van der Waals surface area contributed by atoms with Crippen molar-refractivity contribution in [1.82, 2.24) is 5.43 Å². The lowest BCUT2D eigenvalue weighted by Gasteiger charge is -2.21. The Morgan fingerprint density at radius 2 is 2.06 bits per heavy atom. The predicted molar refractivity (Wildman–Crippen MR) is 66.8 cm³/mol. The van der Waals surface area contributed by atoms with Crippen molar-refractivity contribution in [3.05, 3.63) is 23.7 Å². The van der Waals surface area contributed by atoms with Crippen LogP contribution in [0.3, 0.4) is 0 Å². The van der Waals surface area contributed by atoms with E-state index in [0.717, 1.165) is 30.8 Å². The molecule has 1 atom stereocenters. The van der Waals surface area contributed by atoms with Gasteiger partial charge in [0.2, 0.25) is 0 Å². The van der Waals surface area contributed by atoms with Crippen LogP contribution < -0.4 is 11.3 Å². The second kappa shape index (κ2) is 5.51. The van der Waals surface area contributed by atoms with Gasteiger partial charge in [0.15, 0.2) is 0 Å². The third-order valence-electron chi connectivity index (χ3n) is 2.76. The molecule has 0 saturated heterocycles. The third kappa shape index (κ3) is 3.99. The van der Waals surface area contributed by atoms with Crippen LogP contribution in [0, 0.1) is 5.41 Å². The standard InChI is InChI=1S/C13H24N2O/c1-5-10-6-7-12(16-10)11(15-14)8-9-13(2,3)4/h6-7,11,15H,5,8-9,14H2,1-4H3. The van der Waals surface area contributed by atoms with Crippen molar-refractivity contribution in [2.45, 2.75) is 53.0 Å². The summed E-state index contributed by atoms with van der Waals surface area (Å²) in [6.45, 7) is 8.79. The summed E-state index contributed by atoms with van der Waals surface area (Å²) in [4.78, 5) is 0. The molecule has 0 spiro atoms. The molecule has 1 heterocycles. The number of hydrazine groups is 1. The molecule has 16 heavy (non-hydrogen) atoms. The predicted octanol–water partition coefficient (Wildman–Crippen LogP) is 3.17. The van der Waals surface area contributed by atoms with Crippen LogP contribution in [-0.4, -0.2) is 0 Å². The van der Waals surface area contributed by atoms with Crippen molar-refractivity contribution < 1.29 is 4.42 Å². The normalized spacial score (nSPS) is 14.1. The fourth-order valence-corrected chi connectivity index (χ4v) is 1.66. The Morgan fingerprint density at radius 1 is 1.38 bits per heavy atom. The molecule has 3 heteroatoms. The van der Waals surface area contributed by atoms with Crippen molar-refractivity contribution >= 4 is 0 Å². The van der Waals surface area contributed by atoms with Crippen molar-refractivity contribution in [3.63, 3.8) is 0 Å². The van der Waals surface area contributed by atoms with E-state index in [1.807, 2.05) is 12.1 Å². The highest BCUT2D eigenvalue weighted by Crippen LogP contribution is 2.27. The first-order chi connectivity index (χ1) is 7.46. The molecule has 1 unspecified atom stereocenters. The maximum Gasteiger partial charge on any atom is 0.122 e. The fourth-order valence-electron chi connectivity index (χ4n) is 1.66. The number of aryl methyl sites for hydroxylation is 1. The fraction of sp³-hybridized carbons (Fsp3) is 0.692. The van der Waals surface area contributed by atoms with Gasteiger partial charge in [-0.05, 0) is 30.4 Å². The molecule has 92 valence electrons. The summed E-state index contributed by atoms with van der Waals surface area (Å²) in [7, 11) is 0. The molecule has 0 bridgehead atoms. The number of hydrogen-bond donors (Lipinski definition) is 2. The highest BCUT2D eigenvalue weighted by Gasteiger charge is 2.18. The first kappa shape index (κ1) is 13.3. The molecule has 0 amide bonds. The minimum atomic E-state index is 0.125. The zero-order valence-corrected chi connectivity index (χ0v) is 10.8. The molecular formula is C13H24N2O. The molecule has 0 aliphatic heterocycles. The summed E-state index contributed by atoms with van der Waals surface area (Å²) in [5.74, 6) is 7.54. The van der Waals surface area contributed by atoms with Crippen LogP contribution in [-0.2, 0) is 6.42 Å². The number of nitrogens with one attached hydrogen (secondary N) is 1. The first-order valence-corrected chi connectivity index (χ1v) is 6.01. The van der Waals surface area contributed by atoms with E-state index >= 15 is 0 Å². The maximum absolute atomic E-state index is 5.71. The van der Waals surface area contributed by atoms with Crippen LogP contribution in [0.15, 0.2) is 16.5 Å². The van der Waals surface area contributed by atoms with Crippen LogP contribution in [0.4, 0.5) is 0 Å². The average molecular weight is 224 g/mol. The molecule has 3 nitrogen and oxygen atoms in total. The maximum atomic E-state index is 5.71. The summed E-state index contributed by atoms with van der Waals surface area (Å²) in [5.41, 5.74) is 3.16. The SMILES string of the molecule is CCc1ccc(C(CCC(C)(C)C)NN)o1. The number of rotatable bonds is 5. The van der Waals surface area contributed by atoms with E-state index in [9.17, 15) is 0 Å². The van der Waals surface area contributed by atoms with Crippen molar-refractivity contribution in [1.29, 1.82) is 0 Å². The third-order valence-corrected chi connectivity index (χ3v) is 2.76. The topological polar surface area (TPSA) is 51.2 Å². The minimum Gasteiger partial charge on any atom is -0.464 e. The molecule has 1 aromatic heterocycles. The summed E-state index contributed by atoms with van der Waals surface area (Å²) in [5, 5.41) is 0. The van der Waals surface area contributed by atoms with Gasteiger partial charge in [-0.15, -0.1) is 0 Å². The van der Waals surface area contributed by atoms with Crippen molar-refractivity contribution in [3.8, 4) is 0 Å². The van der Waals surface area contributed by atoms with Crippen LogP contribution in [0.2, 0.25) is 0 Å². The summed E-state index contributed by atoms with van der Waals surface area (Å²) >= 11 is 0. The molecule has 1 aromatic rings. The average Bonchev–Trinajstić information content (AvgIpc) is 2.65. The number of hydrogen-bond acceptors (Lipinski definition) is 3. The van der Waals surface area contributed by atoms with Crippen molar-refractivity contribution in [2.75, 3.05) is 0 Å². The first-order valence-electron chi connectivity index (χ1n) is 6.01. The van der Waals surface area contributed by atoms with Gasteiger partial charge in [0.1, 0.15) is 11.5 Å². The van der Waals surface area contributed by atoms with Gasteiger partial charge in [-0.2, -0.15) is 0 Å². The van der Waals surface area contributed by atoms with Crippen LogP contribution in [0.25, 0.3) is 0 Å². The summed E-state index contributed by atoms with van der Waals surface area (Å²) < 4.78 is 5.71. The van der Waals surface area contributed by atoms with Gasteiger partial charge in [-0.25, -0.2) is 5.43 Å². The Hall–Kier alpha value is -0.800. The van der Waals surface area contributed by atoms with Gasteiger partial charge in [-0.3, -0.25) is 5.84 Å². The smallest absolute Gasteiger partial charge is 0.122 e. The zero-order chi connectivity index (χ0) is 12.2. The number of furan rings is 1. The lowest BCUT2D eigenvalue weighted by atomic mass is 9.88.